The maximum Gasteiger partial charge on any atom is 0.305 e. The first-order chi connectivity index (χ1) is 9.74. The van der Waals surface area contributed by atoms with Crippen molar-refractivity contribution in [3.05, 3.63) is 28.2 Å². The van der Waals surface area contributed by atoms with E-state index in [9.17, 15) is 13.2 Å². The standard InChI is InChI=1S/C13H15Cl2NO4S/c14-10-4-3-9(7-11(10)15)21(19,20)16-13(8-12(17)18)5-1-2-6-13/h3-4,7,16H,1-2,5-6,8H2,(H,17,18). The molecule has 0 atom stereocenters. The summed E-state index contributed by atoms with van der Waals surface area (Å²) in [6, 6.07) is 4.01. The Hall–Kier alpha value is -0.820. The number of halogens is 2. The number of hydrogen-bond acceptors (Lipinski definition) is 3. The van der Waals surface area contributed by atoms with Gasteiger partial charge >= 0.3 is 5.97 Å². The topological polar surface area (TPSA) is 83.5 Å². The second kappa shape index (κ2) is 6.12. The van der Waals surface area contributed by atoms with Crippen molar-refractivity contribution in [3.63, 3.8) is 0 Å². The third-order valence-electron chi connectivity index (χ3n) is 3.60. The molecule has 0 heterocycles. The summed E-state index contributed by atoms with van der Waals surface area (Å²) in [5, 5.41) is 9.41. The van der Waals surface area contributed by atoms with Crippen LogP contribution in [-0.4, -0.2) is 25.0 Å². The monoisotopic (exact) mass is 351 g/mol. The molecule has 2 rings (SSSR count). The third-order valence-corrected chi connectivity index (χ3v) is 5.92. The molecular weight excluding hydrogens is 337 g/mol. The van der Waals surface area contributed by atoms with E-state index in [1.165, 1.54) is 18.2 Å². The highest BCUT2D eigenvalue weighted by atomic mass is 35.5. The van der Waals surface area contributed by atoms with E-state index in [0.717, 1.165) is 12.8 Å². The number of carboxylic acids is 1. The van der Waals surface area contributed by atoms with Gasteiger partial charge in [-0.1, -0.05) is 36.0 Å². The van der Waals surface area contributed by atoms with Crippen LogP contribution in [0.25, 0.3) is 0 Å². The van der Waals surface area contributed by atoms with Crippen LogP contribution < -0.4 is 4.72 Å². The van der Waals surface area contributed by atoms with Crippen LogP contribution >= 0.6 is 23.2 Å². The van der Waals surface area contributed by atoms with Gasteiger partial charge in [0.25, 0.3) is 0 Å². The second-order valence-electron chi connectivity index (χ2n) is 5.24. The molecule has 1 fully saturated rings. The van der Waals surface area contributed by atoms with Crippen LogP contribution in [-0.2, 0) is 14.8 Å². The molecule has 0 aromatic heterocycles. The lowest BCUT2D eigenvalue weighted by molar-refractivity contribution is -0.138. The Balaban J connectivity index is 2.30. The number of carboxylic acid groups (broad SMARTS) is 1. The van der Waals surface area contributed by atoms with Gasteiger partial charge in [0, 0.05) is 5.54 Å². The highest BCUT2D eigenvalue weighted by Gasteiger charge is 2.39. The molecule has 0 radical (unpaired) electrons. The first-order valence-electron chi connectivity index (χ1n) is 6.45. The molecule has 116 valence electrons. The smallest absolute Gasteiger partial charge is 0.305 e. The number of rotatable bonds is 5. The van der Waals surface area contributed by atoms with Crippen LogP contribution in [0.2, 0.25) is 10.0 Å². The zero-order valence-electron chi connectivity index (χ0n) is 11.1. The Morgan fingerprint density at radius 1 is 1.24 bits per heavy atom. The van der Waals surface area contributed by atoms with Crippen LogP contribution in [0.1, 0.15) is 32.1 Å². The molecule has 0 unspecified atom stereocenters. The van der Waals surface area contributed by atoms with E-state index >= 15 is 0 Å². The second-order valence-corrected chi connectivity index (χ2v) is 7.74. The van der Waals surface area contributed by atoms with Crippen molar-refractivity contribution in [1.82, 2.24) is 4.72 Å². The summed E-state index contributed by atoms with van der Waals surface area (Å²) in [4.78, 5) is 11.0. The molecule has 1 aromatic carbocycles. The average molecular weight is 352 g/mol. The Bertz CT molecular complexity index is 654. The predicted octanol–water partition coefficient (Wildman–Crippen LogP) is 3.06. The van der Waals surface area contributed by atoms with E-state index in [1.807, 2.05) is 0 Å². The molecule has 0 spiro atoms. The number of hydrogen-bond donors (Lipinski definition) is 2. The number of nitrogens with one attached hydrogen (secondary N) is 1. The zero-order valence-corrected chi connectivity index (χ0v) is 13.4. The number of benzene rings is 1. The van der Waals surface area contributed by atoms with Gasteiger partial charge < -0.3 is 5.11 Å². The molecular formula is C13H15Cl2NO4S. The van der Waals surface area contributed by atoms with E-state index in [0.29, 0.717) is 12.8 Å². The van der Waals surface area contributed by atoms with Crippen molar-refractivity contribution in [1.29, 1.82) is 0 Å². The van der Waals surface area contributed by atoms with Crippen LogP contribution in [0.3, 0.4) is 0 Å². The molecule has 0 saturated heterocycles. The summed E-state index contributed by atoms with van der Waals surface area (Å²) in [5.74, 6) is -1.02. The molecule has 2 N–H and O–H groups in total. The molecule has 1 aromatic rings. The van der Waals surface area contributed by atoms with Gasteiger partial charge in [-0.05, 0) is 31.0 Å². The van der Waals surface area contributed by atoms with Gasteiger partial charge in [0.05, 0.1) is 21.4 Å². The van der Waals surface area contributed by atoms with Crippen molar-refractivity contribution in [3.8, 4) is 0 Å². The molecule has 0 bridgehead atoms. The fourth-order valence-electron chi connectivity index (χ4n) is 2.64. The van der Waals surface area contributed by atoms with Gasteiger partial charge in [-0.2, -0.15) is 0 Å². The first kappa shape index (κ1) is 16.5. The molecule has 1 saturated carbocycles. The quantitative estimate of drug-likeness (QED) is 0.853. The van der Waals surface area contributed by atoms with E-state index in [1.54, 1.807) is 0 Å². The van der Waals surface area contributed by atoms with Gasteiger partial charge in [0.15, 0.2) is 0 Å². The van der Waals surface area contributed by atoms with Gasteiger partial charge in [0.2, 0.25) is 10.0 Å². The van der Waals surface area contributed by atoms with Gasteiger partial charge in [-0.15, -0.1) is 0 Å². The molecule has 1 aliphatic rings. The first-order valence-corrected chi connectivity index (χ1v) is 8.69. The summed E-state index contributed by atoms with van der Waals surface area (Å²) in [5.41, 5.74) is -0.920. The Morgan fingerprint density at radius 2 is 1.86 bits per heavy atom. The lowest BCUT2D eigenvalue weighted by Gasteiger charge is -2.28. The van der Waals surface area contributed by atoms with Crippen molar-refractivity contribution in [2.24, 2.45) is 0 Å². The van der Waals surface area contributed by atoms with Gasteiger partial charge in [0.1, 0.15) is 0 Å². The number of aliphatic carboxylic acids is 1. The molecule has 5 nitrogen and oxygen atoms in total. The van der Waals surface area contributed by atoms with Gasteiger partial charge in [-0.25, -0.2) is 13.1 Å². The normalized spacial score (nSPS) is 17.8. The highest BCUT2D eigenvalue weighted by Crippen LogP contribution is 2.34. The van der Waals surface area contributed by atoms with Gasteiger partial charge in [-0.3, -0.25) is 4.79 Å². The van der Waals surface area contributed by atoms with Crippen LogP contribution in [0.4, 0.5) is 0 Å². The minimum Gasteiger partial charge on any atom is -0.481 e. The lowest BCUT2D eigenvalue weighted by Crippen LogP contribution is -2.47. The average Bonchev–Trinajstić information content (AvgIpc) is 2.78. The van der Waals surface area contributed by atoms with E-state index in [2.05, 4.69) is 4.72 Å². The van der Waals surface area contributed by atoms with Crippen molar-refractivity contribution in [2.75, 3.05) is 0 Å². The SMILES string of the molecule is O=C(O)CC1(NS(=O)(=O)c2ccc(Cl)c(Cl)c2)CCCC1. The fraction of sp³-hybridized carbons (Fsp3) is 0.462. The van der Waals surface area contributed by atoms with E-state index in [-0.39, 0.29) is 21.4 Å². The Labute approximate surface area is 133 Å². The Kier molecular flexibility index (Phi) is 4.82. The molecule has 21 heavy (non-hydrogen) atoms. The van der Waals surface area contributed by atoms with E-state index < -0.39 is 21.5 Å². The Morgan fingerprint density at radius 3 is 2.38 bits per heavy atom. The summed E-state index contributed by atoms with van der Waals surface area (Å²) < 4.78 is 27.4. The number of sulfonamides is 1. The lowest BCUT2D eigenvalue weighted by atomic mass is 9.95. The van der Waals surface area contributed by atoms with Crippen molar-refractivity contribution >= 4 is 39.2 Å². The van der Waals surface area contributed by atoms with Crippen LogP contribution in [0.5, 0.6) is 0 Å². The maximum atomic E-state index is 12.4. The summed E-state index contributed by atoms with van der Waals surface area (Å²) >= 11 is 11.6. The molecule has 8 heteroatoms. The third kappa shape index (κ3) is 3.88. The van der Waals surface area contributed by atoms with Crippen molar-refractivity contribution < 1.29 is 18.3 Å². The summed E-state index contributed by atoms with van der Waals surface area (Å²) in [7, 11) is -3.84. The number of carbonyl (C=O) groups is 1. The molecule has 0 amide bonds. The van der Waals surface area contributed by atoms with Crippen LogP contribution in [0.15, 0.2) is 23.1 Å². The zero-order chi connectivity index (χ0) is 15.7. The molecule has 1 aliphatic carbocycles. The fourth-order valence-corrected chi connectivity index (χ4v) is 4.49. The van der Waals surface area contributed by atoms with Crippen LogP contribution in [0, 0.1) is 0 Å². The largest absolute Gasteiger partial charge is 0.481 e. The summed E-state index contributed by atoms with van der Waals surface area (Å²) in [6.45, 7) is 0. The summed E-state index contributed by atoms with van der Waals surface area (Å²) in [6.07, 6.45) is 2.40. The predicted molar refractivity (Wildman–Crippen MR) is 80.2 cm³/mol. The molecule has 0 aliphatic heterocycles. The highest BCUT2D eigenvalue weighted by molar-refractivity contribution is 7.89. The minimum absolute atomic E-state index is 0.0198. The van der Waals surface area contributed by atoms with Crippen molar-refractivity contribution in [2.45, 2.75) is 42.5 Å². The minimum atomic E-state index is -3.84. The maximum absolute atomic E-state index is 12.4. The van der Waals surface area contributed by atoms with E-state index in [4.69, 9.17) is 28.3 Å².